The highest BCUT2D eigenvalue weighted by Gasteiger charge is 2.43. The summed E-state index contributed by atoms with van der Waals surface area (Å²) in [5, 5.41) is 1.91. The average molecular weight is 224 g/mol. The Morgan fingerprint density at radius 2 is 1.86 bits per heavy atom. The maximum Gasteiger partial charge on any atom is 0.418 e. The SMILES string of the molecule is O=NC(c1ccccc1Cl)C(F)(F)F. The fourth-order valence-corrected chi connectivity index (χ4v) is 1.23. The summed E-state index contributed by atoms with van der Waals surface area (Å²) in [6.45, 7) is 0. The number of halogens is 4. The molecule has 0 heterocycles. The zero-order valence-electron chi connectivity index (χ0n) is 6.75. The number of nitroso groups, excluding NO2 is 1. The van der Waals surface area contributed by atoms with Gasteiger partial charge in [0.1, 0.15) is 0 Å². The largest absolute Gasteiger partial charge is 0.418 e. The molecule has 2 nitrogen and oxygen atoms in total. The molecule has 6 heteroatoms. The van der Waals surface area contributed by atoms with Gasteiger partial charge >= 0.3 is 6.18 Å². The molecule has 0 aromatic heterocycles. The van der Waals surface area contributed by atoms with Gasteiger partial charge in [-0.05, 0) is 6.07 Å². The van der Waals surface area contributed by atoms with Gasteiger partial charge in [-0.3, -0.25) is 0 Å². The predicted octanol–water partition coefficient (Wildman–Crippen LogP) is 3.71. The first kappa shape index (κ1) is 11.0. The Morgan fingerprint density at radius 3 is 2.29 bits per heavy atom. The molecule has 1 aromatic rings. The standard InChI is InChI=1S/C8H5ClF3NO/c9-6-4-2-1-3-5(6)7(13-14)8(10,11)12/h1-4,7H. The molecular formula is C8H5ClF3NO. The highest BCUT2D eigenvalue weighted by molar-refractivity contribution is 6.31. The number of benzene rings is 1. The van der Waals surface area contributed by atoms with E-state index in [1.165, 1.54) is 18.2 Å². The lowest BCUT2D eigenvalue weighted by molar-refractivity contribution is -0.148. The van der Waals surface area contributed by atoms with Crippen LogP contribution in [-0.4, -0.2) is 6.18 Å². The van der Waals surface area contributed by atoms with Crippen molar-refractivity contribution in [1.29, 1.82) is 0 Å². The van der Waals surface area contributed by atoms with Gasteiger partial charge in [-0.2, -0.15) is 13.2 Å². The number of hydrogen-bond acceptors (Lipinski definition) is 2. The fourth-order valence-electron chi connectivity index (χ4n) is 0.990. The van der Waals surface area contributed by atoms with Crippen LogP contribution in [-0.2, 0) is 0 Å². The normalized spacial score (nSPS) is 13.7. The monoisotopic (exact) mass is 223 g/mol. The van der Waals surface area contributed by atoms with Crippen LogP contribution in [0.2, 0.25) is 5.02 Å². The van der Waals surface area contributed by atoms with E-state index in [4.69, 9.17) is 11.6 Å². The van der Waals surface area contributed by atoms with E-state index in [2.05, 4.69) is 0 Å². The second-order valence-electron chi connectivity index (χ2n) is 2.57. The summed E-state index contributed by atoms with van der Waals surface area (Å²) in [4.78, 5) is 10.1. The second kappa shape index (κ2) is 3.96. The highest BCUT2D eigenvalue weighted by atomic mass is 35.5. The maximum absolute atomic E-state index is 12.2. The lowest BCUT2D eigenvalue weighted by Crippen LogP contribution is -2.18. The molecule has 0 N–H and O–H groups in total. The fraction of sp³-hybridized carbons (Fsp3) is 0.250. The van der Waals surface area contributed by atoms with E-state index in [0.29, 0.717) is 0 Å². The molecule has 0 fully saturated rings. The minimum atomic E-state index is -4.70. The van der Waals surface area contributed by atoms with Gasteiger partial charge in [0.05, 0.1) is 0 Å². The Labute approximate surface area is 82.7 Å². The highest BCUT2D eigenvalue weighted by Crippen LogP contribution is 2.38. The van der Waals surface area contributed by atoms with Crippen molar-refractivity contribution in [2.75, 3.05) is 0 Å². The van der Waals surface area contributed by atoms with Crippen LogP contribution in [0.4, 0.5) is 13.2 Å². The third-order valence-corrected chi connectivity index (χ3v) is 1.96. The Hall–Kier alpha value is -1.10. The number of alkyl halides is 3. The van der Waals surface area contributed by atoms with Crippen LogP contribution in [0, 0.1) is 4.91 Å². The van der Waals surface area contributed by atoms with E-state index in [1.807, 2.05) is 5.18 Å². The summed E-state index contributed by atoms with van der Waals surface area (Å²) in [6.07, 6.45) is -4.70. The summed E-state index contributed by atoms with van der Waals surface area (Å²) < 4.78 is 36.7. The van der Waals surface area contributed by atoms with Gasteiger partial charge in [0, 0.05) is 10.6 Å². The molecule has 0 aliphatic heterocycles. The van der Waals surface area contributed by atoms with Gasteiger partial charge in [0.15, 0.2) is 0 Å². The van der Waals surface area contributed by atoms with Gasteiger partial charge in [-0.25, -0.2) is 0 Å². The van der Waals surface area contributed by atoms with Gasteiger partial charge in [0.2, 0.25) is 6.04 Å². The molecule has 0 aliphatic rings. The van der Waals surface area contributed by atoms with Crippen molar-refractivity contribution < 1.29 is 13.2 Å². The van der Waals surface area contributed by atoms with E-state index < -0.39 is 12.2 Å². The van der Waals surface area contributed by atoms with Crippen LogP contribution in [0.5, 0.6) is 0 Å². The molecule has 0 saturated heterocycles. The molecule has 1 aromatic carbocycles. The van der Waals surface area contributed by atoms with Gasteiger partial charge in [-0.15, -0.1) is 4.91 Å². The van der Waals surface area contributed by atoms with Crippen LogP contribution < -0.4 is 0 Å². The number of hydrogen-bond donors (Lipinski definition) is 0. The Kier molecular flexibility index (Phi) is 3.10. The molecule has 1 unspecified atom stereocenters. The predicted molar refractivity (Wildman–Crippen MR) is 46.0 cm³/mol. The van der Waals surface area contributed by atoms with E-state index in [1.54, 1.807) is 0 Å². The van der Waals surface area contributed by atoms with Gasteiger partial charge in [0.25, 0.3) is 0 Å². The number of nitrogens with zero attached hydrogens (tertiary/aromatic N) is 1. The second-order valence-corrected chi connectivity index (χ2v) is 2.98. The van der Waals surface area contributed by atoms with E-state index in [0.717, 1.165) is 6.07 Å². The lowest BCUT2D eigenvalue weighted by Gasteiger charge is -2.14. The van der Waals surface area contributed by atoms with Crippen molar-refractivity contribution in [3.05, 3.63) is 39.8 Å². The van der Waals surface area contributed by atoms with E-state index >= 15 is 0 Å². The molecule has 76 valence electrons. The molecule has 0 amide bonds. The quantitative estimate of drug-likeness (QED) is 0.703. The van der Waals surface area contributed by atoms with Crippen LogP contribution in [0.1, 0.15) is 11.6 Å². The third-order valence-electron chi connectivity index (χ3n) is 1.62. The van der Waals surface area contributed by atoms with Crippen molar-refractivity contribution in [3.8, 4) is 0 Å². The van der Waals surface area contributed by atoms with Crippen molar-refractivity contribution in [1.82, 2.24) is 0 Å². The van der Waals surface area contributed by atoms with E-state index in [-0.39, 0.29) is 10.6 Å². The first-order valence-corrected chi connectivity index (χ1v) is 3.98. The van der Waals surface area contributed by atoms with Crippen LogP contribution in [0.15, 0.2) is 29.4 Å². The molecule has 0 bridgehead atoms. The lowest BCUT2D eigenvalue weighted by atomic mass is 10.1. The van der Waals surface area contributed by atoms with Gasteiger partial charge in [-0.1, -0.05) is 35.0 Å². The molecule has 0 radical (unpaired) electrons. The molecule has 0 aliphatic carbocycles. The van der Waals surface area contributed by atoms with Crippen molar-refractivity contribution in [2.45, 2.75) is 12.2 Å². The molecule has 14 heavy (non-hydrogen) atoms. The summed E-state index contributed by atoms with van der Waals surface area (Å²) in [7, 11) is 0. The summed E-state index contributed by atoms with van der Waals surface area (Å²) >= 11 is 5.50. The first-order valence-electron chi connectivity index (χ1n) is 3.60. The zero-order valence-corrected chi connectivity index (χ0v) is 7.51. The summed E-state index contributed by atoms with van der Waals surface area (Å²) in [5.74, 6) is 0. The molecule has 1 atom stereocenters. The average Bonchev–Trinajstić information content (AvgIpc) is 2.07. The van der Waals surface area contributed by atoms with Crippen LogP contribution in [0.3, 0.4) is 0 Å². The summed E-state index contributed by atoms with van der Waals surface area (Å²) in [5.41, 5.74) is -0.323. The van der Waals surface area contributed by atoms with Crippen LogP contribution in [0.25, 0.3) is 0 Å². The summed E-state index contributed by atoms with van der Waals surface area (Å²) in [6, 6.07) is 2.86. The van der Waals surface area contributed by atoms with Crippen LogP contribution >= 0.6 is 11.6 Å². The van der Waals surface area contributed by atoms with Crippen molar-refractivity contribution >= 4 is 11.6 Å². The number of rotatable bonds is 2. The molecule has 0 spiro atoms. The molecular weight excluding hydrogens is 219 g/mol. The topological polar surface area (TPSA) is 29.4 Å². The zero-order chi connectivity index (χ0) is 10.8. The van der Waals surface area contributed by atoms with Gasteiger partial charge < -0.3 is 0 Å². The first-order chi connectivity index (χ1) is 6.46. The Balaban J connectivity index is 3.14. The van der Waals surface area contributed by atoms with Crippen molar-refractivity contribution in [3.63, 3.8) is 0 Å². The molecule has 1 rings (SSSR count). The third kappa shape index (κ3) is 2.23. The van der Waals surface area contributed by atoms with Crippen molar-refractivity contribution in [2.24, 2.45) is 5.18 Å². The minimum Gasteiger partial charge on any atom is -0.168 e. The Bertz CT molecular complexity index is 340. The maximum atomic E-state index is 12.2. The Morgan fingerprint density at radius 1 is 1.29 bits per heavy atom. The van der Waals surface area contributed by atoms with E-state index in [9.17, 15) is 18.1 Å². The molecule has 0 saturated carbocycles. The minimum absolute atomic E-state index is 0.116. The smallest absolute Gasteiger partial charge is 0.168 e.